The van der Waals surface area contributed by atoms with Gasteiger partial charge in [0.05, 0.1) is 6.54 Å². The molecule has 0 saturated carbocycles. The van der Waals surface area contributed by atoms with Crippen molar-refractivity contribution in [2.45, 2.75) is 40.3 Å². The van der Waals surface area contributed by atoms with Crippen molar-refractivity contribution >= 4 is 5.91 Å². The molecule has 1 fully saturated rings. The lowest BCUT2D eigenvalue weighted by Gasteiger charge is -2.33. The number of aromatic nitrogens is 2. The van der Waals surface area contributed by atoms with Crippen molar-refractivity contribution in [3.05, 3.63) is 23.4 Å². The van der Waals surface area contributed by atoms with E-state index in [1.165, 1.54) is 0 Å². The molecule has 1 atom stereocenters. The van der Waals surface area contributed by atoms with E-state index in [4.69, 9.17) is 9.26 Å². The van der Waals surface area contributed by atoms with Crippen LogP contribution in [0, 0.1) is 0 Å². The number of carbonyl (C=O) groups is 1. The zero-order valence-electron chi connectivity index (χ0n) is 14.4. The van der Waals surface area contributed by atoms with Gasteiger partial charge in [0.25, 0.3) is 0 Å². The van der Waals surface area contributed by atoms with E-state index in [1.54, 1.807) is 6.08 Å². The molecule has 0 N–H and O–H groups in total. The Morgan fingerprint density at radius 1 is 1.35 bits per heavy atom. The van der Waals surface area contributed by atoms with E-state index in [2.05, 4.69) is 15.0 Å². The van der Waals surface area contributed by atoms with Crippen LogP contribution < -0.4 is 0 Å². The fourth-order valence-electron chi connectivity index (χ4n) is 2.48. The first-order chi connectivity index (χ1) is 11.0. The van der Waals surface area contributed by atoms with Gasteiger partial charge in [-0.2, -0.15) is 4.98 Å². The van der Waals surface area contributed by atoms with Crippen LogP contribution in [0.15, 0.2) is 16.2 Å². The average molecular weight is 322 g/mol. The fraction of sp³-hybridized carbons (Fsp3) is 0.688. The summed E-state index contributed by atoms with van der Waals surface area (Å²) in [5, 5.41) is 3.97. The number of piperazine rings is 1. The molecule has 1 saturated heterocycles. The highest BCUT2D eigenvalue weighted by molar-refractivity contribution is 5.88. The zero-order chi connectivity index (χ0) is 16.8. The lowest BCUT2D eigenvalue weighted by atomic mass is 10.2. The SMILES string of the molecule is CCO[C@H](C)c1noc(CN2CCN(C(=O)C=C(C)C)CC2)n1. The molecule has 1 amide bonds. The normalized spacial score (nSPS) is 17.1. The highest BCUT2D eigenvalue weighted by atomic mass is 16.5. The van der Waals surface area contributed by atoms with Crippen LogP contribution >= 0.6 is 0 Å². The van der Waals surface area contributed by atoms with E-state index in [-0.39, 0.29) is 12.0 Å². The number of ether oxygens (including phenoxy) is 1. The summed E-state index contributed by atoms with van der Waals surface area (Å²) in [5.41, 5.74) is 1.03. The largest absolute Gasteiger partial charge is 0.371 e. The fourth-order valence-corrected chi connectivity index (χ4v) is 2.48. The Labute approximate surface area is 137 Å². The lowest BCUT2D eigenvalue weighted by Crippen LogP contribution is -2.47. The molecule has 0 aliphatic carbocycles. The van der Waals surface area contributed by atoms with Crippen LogP contribution in [0.5, 0.6) is 0 Å². The van der Waals surface area contributed by atoms with E-state index in [1.807, 2.05) is 32.6 Å². The second kappa shape index (κ2) is 8.21. The molecule has 7 heteroatoms. The Morgan fingerprint density at radius 3 is 2.65 bits per heavy atom. The molecule has 0 spiro atoms. The zero-order valence-corrected chi connectivity index (χ0v) is 14.4. The summed E-state index contributed by atoms with van der Waals surface area (Å²) in [7, 11) is 0. The van der Waals surface area contributed by atoms with Crippen molar-refractivity contribution in [2.75, 3.05) is 32.8 Å². The molecule has 0 unspecified atom stereocenters. The van der Waals surface area contributed by atoms with Crippen LogP contribution in [-0.4, -0.2) is 58.6 Å². The Kier molecular flexibility index (Phi) is 6.29. The van der Waals surface area contributed by atoms with Crippen molar-refractivity contribution in [1.29, 1.82) is 0 Å². The van der Waals surface area contributed by atoms with Crippen LogP contribution in [0.4, 0.5) is 0 Å². The van der Waals surface area contributed by atoms with Gasteiger partial charge in [0.15, 0.2) is 5.82 Å². The Morgan fingerprint density at radius 2 is 2.04 bits per heavy atom. The number of allylic oxidation sites excluding steroid dienone is 1. The second-order valence-electron chi connectivity index (χ2n) is 5.97. The van der Waals surface area contributed by atoms with Crippen molar-refractivity contribution in [1.82, 2.24) is 19.9 Å². The van der Waals surface area contributed by atoms with Crippen LogP contribution in [-0.2, 0) is 16.1 Å². The second-order valence-corrected chi connectivity index (χ2v) is 5.97. The van der Waals surface area contributed by atoms with E-state index in [0.29, 0.717) is 24.9 Å². The van der Waals surface area contributed by atoms with Crippen molar-refractivity contribution in [2.24, 2.45) is 0 Å². The van der Waals surface area contributed by atoms with Crippen molar-refractivity contribution in [3.63, 3.8) is 0 Å². The maximum atomic E-state index is 12.0. The van der Waals surface area contributed by atoms with Gasteiger partial charge in [0.2, 0.25) is 11.8 Å². The third-order valence-corrected chi connectivity index (χ3v) is 3.72. The number of amides is 1. The van der Waals surface area contributed by atoms with Crippen LogP contribution in [0.2, 0.25) is 0 Å². The van der Waals surface area contributed by atoms with Gasteiger partial charge >= 0.3 is 0 Å². The predicted molar refractivity (Wildman–Crippen MR) is 85.6 cm³/mol. The third-order valence-electron chi connectivity index (χ3n) is 3.72. The molecular weight excluding hydrogens is 296 g/mol. The average Bonchev–Trinajstić information content (AvgIpc) is 2.96. The van der Waals surface area contributed by atoms with Gasteiger partial charge in [0, 0.05) is 38.9 Å². The molecule has 128 valence electrons. The Bertz CT molecular complexity index is 543. The third kappa shape index (κ3) is 5.14. The van der Waals surface area contributed by atoms with Crippen LogP contribution in [0.3, 0.4) is 0 Å². The molecule has 7 nitrogen and oxygen atoms in total. The summed E-state index contributed by atoms with van der Waals surface area (Å²) in [4.78, 5) is 20.5. The molecule has 2 heterocycles. The molecule has 2 rings (SSSR count). The van der Waals surface area contributed by atoms with E-state index >= 15 is 0 Å². The maximum absolute atomic E-state index is 12.0. The minimum atomic E-state index is -0.156. The molecule has 0 aromatic carbocycles. The maximum Gasteiger partial charge on any atom is 0.246 e. The van der Waals surface area contributed by atoms with Crippen LogP contribution in [0.25, 0.3) is 0 Å². The highest BCUT2D eigenvalue weighted by Gasteiger charge is 2.22. The summed E-state index contributed by atoms with van der Waals surface area (Å²) < 4.78 is 10.7. The summed E-state index contributed by atoms with van der Waals surface area (Å²) in [6.45, 7) is 12.0. The van der Waals surface area contributed by atoms with Gasteiger partial charge in [-0.1, -0.05) is 10.7 Å². The molecule has 23 heavy (non-hydrogen) atoms. The lowest BCUT2D eigenvalue weighted by molar-refractivity contribution is -0.127. The van der Waals surface area contributed by atoms with Gasteiger partial charge in [-0.3, -0.25) is 9.69 Å². The molecule has 0 bridgehead atoms. The highest BCUT2D eigenvalue weighted by Crippen LogP contribution is 2.14. The standard InChI is InChI=1S/C16H26N4O3/c1-5-22-13(4)16-17-14(23-18-16)11-19-6-8-20(9-7-19)15(21)10-12(2)3/h10,13H,5-9,11H2,1-4H3/t13-/m1/s1. The van der Waals surface area contributed by atoms with Gasteiger partial charge in [-0.15, -0.1) is 0 Å². The molecule has 1 aliphatic heterocycles. The molecular formula is C16H26N4O3. The smallest absolute Gasteiger partial charge is 0.246 e. The Balaban J connectivity index is 1.82. The molecule has 1 aromatic heterocycles. The van der Waals surface area contributed by atoms with E-state index in [9.17, 15) is 4.79 Å². The summed E-state index contributed by atoms with van der Waals surface area (Å²) in [5.74, 6) is 1.27. The van der Waals surface area contributed by atoms with Crippen LogP contribution in [0.1, 0.15) is 45.5 Å². The summed E-state index contributed by atoms with van der Waals surface area (Å²) in [6, 6.07) is 0. The van der Waals surface area contributed by atoms with Gasteiger partial charge in [-0.25, -0.2) is 0 Å². The molecule has 0 radical (unpaired) electrons. The summed E-state index contributed by atoms with van der Waals surface area (Å²) >= 11 is 0. The monoisotopic (exact) mass is 322 g/mol. The Hall–Kier alpha value is -1.73. The molecule has 1 aromatic rings. The number of carbonyl (C=O) groups excluding carboxylic acids is 1. The van der Waals surface area contributed by atoms with Gasteiger partial charge in [-0.05, 0) is 27.7 Å². The summed E-state index contributed by atoms with van der Waals surface area (Å²) in [6.07, 6.45) is 1.53. The van der Waals surface area contributed by atoms with Crippen molar-refractivity contribution < 1.29 is 14.1 Å². The predicted octanol–water partition coefficient (Wildman–Crippen LogP) is 1.78. The quantitative estimate of drug-likeness (QED) is 0.744. The minimum Gasteiger partial charge on any atom is -0.371 e. The van der Waals surface area contributed by atoms with E-state index < -0.39 is 0 Å². The first-order valence-electron chi connectivity index (χ1n) is 8.09. The number of rotatable bonds is 6. The van der Waals surface area contributed by atoms with Gasteiger partial charge in [0.1, 0.15) is 6.10 Å². The number of hydrogen-bond donors (Lipinski definition) is 0. The van der Waals surface area contributed by atoms with Crippen molar-refractivity contribution in [3.8, 4) is 0 Å². The molecule has 1 aliphatic rings. The number of hydrogen-bond acceptors (Lipinski definition) is 6. The van der Waals surface area contributed by atoms with E-state index in [0.717, 1.165) is 31.8 Å². The minimum absolute atomic E-state index is 0.0928. The first kappa shape index (κ1) is 17.6. The first-order valence-corrected chi connectivity index (χ1v) is 8.09. The topological polar surface area (TPSA) is 71.7 Å². The van der Waals surface area contributed by atoms with Gasteiger partial charge < -0.3 is 14.2 Å². The number of nitrogens with zero attached hydrogens (tertiary/aromatic N) is 4.